The van der Waals surface area contributed by atoms with Gasteiger partial charge in [0.05, 0.1) is 17.1 Å². The predicted molar refractivity (Wildman–Crippen MR) is 140 cm³/mol. The third kappa shape index (κ3) is 6.40. The summed E-state index contributed by atoms with van der Waals surface area (Å²) < 4.78 is 11.4. The number of ether oxygens (including phenoxy) is 2. The SMILES string of the molecule is Cc1c(N(Cc2ccccc2)Cc2ccc(Oc3cccc(OCCO)c3)cc2)cccc1[N+](=O)[O-]. The van der Waals surface area contributed by atoms with Crippen molar-refractivity contribution in [3.63, 3.8) is 0 Å². The maximum Gasteiger partial charge on any atom is 0.274 e. The fraction of sp³-hybridized carbons (Fsp3) is 0.172. The highest BCUT2D eigenvalue weighted by Crippen LogP contribution is 2.31. The van der Waals surface area contributed by atoms with E-state index in [4.69, 9.17) is 14.6 Å². The Morgan fingerprint density at radius 3 is 2.17 bits per heavy atom. The number of nitro groups is 1. The van der Waals surface area contributed by atoms with Gasteiger partial charge in [0.25, 0.3) is 5.69 Å². The molecule has 0 atom stereocenters. The van der Waals surface area contributed by atoms with Crippen LogP contribution in [0.5, 0.6) is 17.2 Å². The van der Waals surface area contributed by atoms with Crippen LogP contribution in [0.3, 0.4) is 0 Å². The summed E-state index contributed by atoms with van der Waals surface area (Å²) in [7, 11) is 0. The summed E-state index contributed by atoms with van der Waals surface area (Å²) in [6, 6.07) is 30.3. The lowest BCUT2D eigenvalue weighted by atomic mass is 10.1. The van der Waals surface area contributed by atoms with Gasteiger partial charge in [-0.3, -0.25) is 10.1 Å². The molecule has 0 aliphatic rings. The van der Waals surface area contributed by atoms with Gasteiger partial charge in [0.15, 0.2) is 0 Å². The number of nitro benzene ring substituents is 1. The van der Waals surface area contributed by atoms with Crippen LogP contribution in [0.15, 0.2) is 97.1 Å². The Balaban J connectivity index is 1.54. The summed E-state index contributed by atoms with van der Waals surface area (Å²) in [6.07, 6.45) is 0. The van der Waals surface area contributed by atoms with Crippen molar-refractivity contribution in [1.82, 2.24) is 0 Å². The Morgan fingerprint density at radius 1 is 0.806 bits per heavy atom. The van der Waals surface area contributed by atoms with Gasteiger partial charge in [-0.1, -0.05) is 54.6 Å². The van der Waals surface area contributed by atoms with Gasteiger partial charge >= 0.3 is 0 Å². The lowest BCUT2D eigenvalue weighted by Crippen LogP contribution is -2.23. The van der Waals surface area contributed by atoms with Crippen LogP contribution in [0.1, 0.15) is 16.7 Å². The molecule has 0 spiro atoms. The first kappa shape index (κ1) is 24.8. The van der Waals surface area contributed by atoms with Gasteiger partial charge in [0, 0.05) is 30.9 Å². The Labute approximate surface area is 210 Å². The van der Waals surface area contributed by atoms with Crippen LogP contribution >= 0.6 is 0 Å². The Bertz CT molecular complexity index is 1290. The zero-order chi connectivity index (χ0) is 25.3. The molecule has 0 radical (unpaired) electrons. The van der Waals surface area contributed by atoms with Crippen molar-refractivity contribution in [2.45, 2.75) is 20.0 Å². The monoisotopic (exact) mass is 484 g/mol. The molecule has 36 heavy (non-hydrogen) atoms. The third-order valence-corrected chi connectivity index (χ3v) is 5.73. The van der Waals surface area contributed by atoms with Gasteiger partial charge in [-0.2, -0.15) is 0 Å². The second-order valence-corrected chi connectivity index (χ2v) is 8.31. The molecule has 0 aliphatic heterocycles. The average Bonchev–Trinajstić information content (AvgIpc) is 2.89. The van der Waals surface area contributed by atoms with E-state index in [0.29, 0.717) is 35.9 Å². The van der Waals surface area contributed by atoms with Crippen molar-refractivity contribution < 1.29 is 19.5 Å². The normalized spacial score (nSPS) is 10.6. The molecule has 0 aromatic heterocycles. The second-order valence-electron chi connectivity index (χ2n) is 8.31. The van der Waals surface area contributed by atoms with Crippen LogP contribution in [0.4, 0.5) is 11.4 Å². The van der Waals surface area contributed by atoms with Crippen molar-refractivity contribution in [1.29, 1.82) is 0 Å². The molecule has 0 fully saturated rings. The topological polar surface area (TPSA) is 85.1 Å². The summed E-state index contributed by atoms with van der Waals surface area (Å²) in [6.45, 7) is 3.15. The van der Waals surface area contributed by atoms with Crippen LogP contribution < -0.4 is 14.4 Å². The molecule has 0 saturated heterocycles. The number of aliphatic hydroxyl groups excluding tert-OH is 1. The average molecular weight is 485 g/mol. The molecule has 184 valence electrons. The van der Waals surface area contributed by atoms with E-state index in [2.05, 4.69) is 17.0 Å². The Hall–Kier alpha value is -4.36. The first-order chi connectivity index (χ1) is 17.5. The molecule has 0 amide bonds. The van der Waals surface area contributed by atoms with Crippen LogP contribution in [0.2, 0.25) is 0 Å². The maximum atomic E-state index is 11.5. The van der Waals surface area contributed by atoms with Gasteiger partial charge in [0.1, 0.15) is 23.9 Å². The molecule has 0 bridgehead atoms. The Kier molecular flexibility index (Phi) is 8.16. The number of hydrogen-bond acceptors (Lipinski definition) is 6. The van der Waals surface area contributed by atoms with Gasteiger partial charge in [-0.25, -0.2) is 0 Å². The van der Waals surface area contributed by atoms with E-state index in [0.717, 1.165) is 16.8 Å². The van der Waals surface area contributed by atoms with E-state index in [-0.39, 0.29) is 23.8 Å². The molecule has 0 aliphatic carbocycles. The van der Waals surface area contributed by atoms with Crippen molar-refractivity contribution in [2.75, 3.05) is 18.1 Å². The maximum absolute atomic E-state index is 11.5. The summed E-state index contributed by atoms with van der Waals surface area (Å²) in [4.78, 5) is 13.3. The quantitative estimate of drug-likeness (QED) is 0.199. The fourth-order valence-electron chi connectivity index (χ4n) is 3.99. The minimum absolute atomic E-state index is 0.0519. The molecule has 7 nitrogen and oxygen atoms in total. The molecular weight excluding hydrogens is 456 g/mol. The lowest BCUT2D eigenvalue weighted by Gasteiger charge is -2.27. The molecule has 4 aromatic carbocycles. The molecule has 0 heterocycles. The van der Waals surface area contributed by atoms with Gasteiger partial charge in [-0.15, -0.1) is 0 Å². The van der Waals surface area contributed by atoms with Crippen LogP contribution in [0, 0.1) is 17.0 Å². The fourth-order valence-corrected chi connectivity index (χ4v) is 3.99. The van der Waals surface area contributed by atoms with E-state index in [1.165, 1.54) is 6.07 Å². The van der Waals surface area contributed by atoms with Crippen molar-refractivity contribution in [3.05, 3.63) is 124 Å². The summed E-state index contributed by atoms with van der Waals surface area (Å²) in [5, 5.41) is 20.5. The number of anilines is 1. The minimum Gasteiger partial charge on any atom is -0.491 e. The zero-order valence-electron chi connectivity index (χ0n) is 20.0. The molecule has 7 heteroatoms. The zero-order valence-corrected chi connectivity index (χ0v) is 20.0. The van der Waals surface area contributed by atoms with E-state index in [9.17, 15) is 10.1 Å². The highest BCUT2D eigenvalue weighted by atomic mass is 16.6. The molecule has 0 saturated carbocycles. The molecule has 0 unspecified atom stereocenters. The van der Waals surface area contributed by atoms with E-state index in [1.807, 2.05) is 66.7 Å². The standard InChI is InChI=1S/C29H28N2O5/c1-22-28(11-6-12-29(22)31(33)34)30(20-23-7-3-2-4-8-23)21-24-13-15-25(16-14-24)36-27-10-5-9-26(19-27)35-18-17-32/h2-16,19,32H,17-18,20-21H2,1H3. The van der Waals surface area contributed by atoms with Crippen molar-refractivity contribution in [2.24, 2.45) is 0 Å². The number of hydrogen-bond donors (Lipinski definition) is 1. The number of aliphatic hydroxyl groups is 1. The highest BCUT2D eigenvalue weighted by molar-refractivity contribution is 5.62. The molecule has 1 N–H and O–H groups in total. The van der Waals surface area contributed by atoms with E-state index < -0.39 is 0 Å². The summed E-state index contributed by atoms with van der Waals surface area (Å²) in [5.41, 5.74) is 3.74. The third-order valence-electron chi connectivity index (χ3n) is 5.73. The van der Waals surface area contributed by atoms with Gasteiger partial charge < -0.3 is 19.5 Å². The van der Waals surface area contributed by atoms with Crippen molar-refractivity contribution in [3.8, 4) is 17.2 Å². The number of rotatable bonds is 11. The number of benzene rings is 4. The minimum atomic E-state index is -0.338. The summed E-state index contributed by atoms with van der Waals surface area (Å²) >= 11 is 0. The van der Waals surface area contributed by atoms with Crippen LogP contribution in [-0.4, -0.2) is 23.2 Å². The lowest BCUT2D eigenvalue weighted by molar-refractivity contribution is -0.385. The summed E-state index contributed by atoms with van der Waals surface area (Å²) in [5.74, 6) is 1.94. The van der Waals surface area contributed by atoms with Crippen molar-refractivity contribution >= 4 is 11.4 Å². The largest absolute Gasteiger partial charge is 0.491 e. The van der Waals surface area contributed by atoms with Crippen LogP contribution in [-0.2, 0) is 13.1 Å². The van der Waals surface area contributed by atoms with E-state index >= 15 is 0 Å². The first-order valence-corrected chi connectivity index (χ1v) is 11.7. The second kappa shape index (κ2) is 11.9. The molecule has 4 aromatic rings. The van der Waals surface area contributed by atoms with Gasteiger partial charge in [0.2, 0.25) is 0 Å². The Morgan fingerprint density at radius 2 is 1.47 bits per heavy atom. The van der Waals surface area contributed by atoms with Crippen LogP contribution in [0.25, 0.3) is 0 Å². The first-order valence-electron chi connectivity index (χ1n) is 11.7. The highest BCUT2D eigenvalue weighted by Gasteiger charge is 2.18. The van der Waals surface area contributed by atoms with E-state index in [1.54, 1.807) is 19.1 Å². The number of nitrogens with zero attached hydrogens (tertiary/aromatic N) is 2. The smallest absolute Gasteiger partial charge is 0.274 e. The van der Waals surface area contributed by atoms with Gasteiger partial charge in [-0.05, 0) is 48.4 Å². The predicted octanol–water partition coefficient (Wildman–Crippen LogP) is 6.27. The molecular formula is C29H28N2O5. The molecule has 4 rings (SSSR count).